The van der Waals surface area contributed by atoms with Crippen molar-refractivity contribution in [1.82, 2.24) is 15.5 Å². The van der Waals surface area contributed by atoms with Crippen molar-refractivity contribution in [1.29, 1.82) is 0 Å². The minimum atomic E-state index is -0.0295. The van der Waals surface area contributed by atoms with Crippen molar-refractivity contribution in [2.24, 2.45) is 4.99 Å². The van der Waals surface area contributed by atoms with Crippen molar-refractivity contribution in [3.63, 3.8) is 0 Å². The number of unbranched alkanes of at least 4 members (excludes halogenated alkanes) is 1. The number of hydrogen-bond donors (Lipinski definition) is 2. The molecule has 2 N–H and O–H groups in total. The summed E-state index contributed by atoms with van der Waals surface area (Å²) in [7, 11) is 5.09. The highest BCUT2D eigenvalue weighted by molar-refractivity contribution is 5.84. The van der Waals surface area contributed by atoms with Gasteiger partial charge in [-0.15, -0.1) is 0 Å². The molecule has 0 aliphatic heterocycles. The third-order valence-corrected chi connectivity index (χ3v) is 2.78. The number of methoxy groups -OCH3 is 1. The molecule has 0 aliphatic carbocycles. The molecule has 0 unspecified atom stereocenters. The van der Waals surface area contributed by atoms with Crippen LogP contribution in [-0.2, 0) is 14.3 Å². The summed E-state index contributed by atoms with van der Waals surface area (Å²) in [5, 5.41) is 6.35. The molecular weight excluding hydrogens is 284 g/mol. The van der Waals surface area contributed by atoms with Crippen molar-refractivity contribution >= 4 is 11.9 Å². The monoisotopic (exact) mass is 316 g/mol. The lowest BCUT2D eigenvalue weighted by molar-refractivity contribution is -0.127. The molecule has 0 saturated heterocycles. The van der Waals surface area contributed by atoms with E-state index in [4.69, 9.17) is 9.47 Å². The van der Waals surface area contributed by atoms with Gasteiger partial charge in [0.25, 0.3) is 0 Å². The molecule has 0 heterocycles. The molecule has 0 radical (unpaired) electrons. The molecule has 0 rings (SSSR count). The first kappa shape index (κ1) is 20.7. The van der Waals surface area contributed by atoms with Gasteiger partial charge in [0.05, 0.1) is 12.7 Å². The second-order valence-electron chi connectivity index (χ2n) is 5.43. The van der Waals surface area contributed by atoms with Crippen LogP contribution in [0.4, 0.5) is 0 Å². The van der Waals surface area contributed by atoms with Crippen LogP contribution < -0.4 is 10.6 Å². The van der Waals surface area contributed by atoms with Crippen LogP contribution in [0.15, 0.2) is 4.99 Å². The van der Waals surface area contributed by atoms with Crippen molar-refractivity contribution in [3.05, 3.63) is 0 Å². The second-order valence-corrected chi connectivity index (χ2v) is 5.43. The van der Waals surface area contributed by atoms with Gasteiger partial charge < -0.3 is 25.0 Å². The number of nitrogens with one attached hydrogen (secondary N) is 2. The Bertz CT molecular complexity index is 320. The molecule has 0 aliphatic rings. The molecule has 0 fully saturated rings. The topological polar surface area (TPSA) is 75.2 Å². The number of carbonyl (C=O) groups excluding carboxylic acids is 1. The maximum Gasteiger partial charge on any atom is 0.243 e. The molecule has 0 saturated carbocycles. The van der Waals surface area contributed by atoms with Crippen LogP contribution in [0.1, 0.15) is 26.7 Å². The molecule has 0 spiro atoms. The van der Waals surface area contributed by atoms with Gasteiger partial charge in [-0.3, -0.25) is 4.79 Å². The van der Waals surface area contributed by atoms with E-state index in [0.717, 1.165) is 26.0 Å². The zero-order valence-electron chi connectivity index (χ0n) is 14.6. The molecule has 0 bridgehead atoms. The summed E-state index contributed by atoms with van der Waals surface area (Å²) in [6.07, 6.45) is 2.25. The molecule has 0 aromatic rings. The third-order valence-electron chi connectivity index (χ3n) is 2.78. The fraction of sp³-hybridized carbons (Fsp3) is 0.867. The lowest BCUT2D eigenvalue weighted by atomic mass is 10.3. The zero-order valence-corrected chi connectivity index (χ0v) is 14.6. The number of amides is 1. The van der Waals surface area contributed by atoms with Crippen LogP contribution in [0.3, 0.4) is 0 Å². The van der Waals surface area contributed by atoms with Crippen LogP contribution in [0, 0.1) is 0 Å². The molecule has 0 aromatic carbocycles. The zero-order chi connectivity index (χ0) is 16.8. The number of guanidine groups is 1. The summed E-state index contributed by atoms with van der Waals surface area (Å²) in [5.41, 5.74) is 0. The van der Waals surface area contributed by atoms with Crippen LogP contribution in [0.5, 0.6) is 0 Å². The number of hydrogen-bond acceptors (Lipinski definition) is 4. The summed E-state index contributed by atoms with van der Waals surface area (Å²) in [6.45, 7) is 6.98. The number of ether oxygens (including phenoxy) is 2. The largest absolute Gasteiger partial charge is 0.383 e. The summed E-state index contributed by atoms with van der Waals surface area (Å²) in [5.74, 6) is 0.607. The van der Waals surface area contributed by atoms with Gasteiger partial charge in [0.1, 0.15) is 6.54 Å². The number of likely N-dealkylation sites (N-methyl/N-ethyl adjacent to an activating group) is 1. The van der Waals surface area contributed by atoms with Gasteiger partial charge in [-0.1, -0.05) is 0 Å². The lowest BCUT2D eigenvalue weighted by Gasteiger charge is -2.14. The van der Waals surface area contributed by atoms with E-state index in [-0.39, 0.29) is 18.6 Å². The molecule has 130 valence electrons. The molecular formula is C15H32N4O3. The smallest absolute Gasteiger partial charge is 0.243 e. The van der Waals surface area contributed by atoms with Crippen LogP contribution in [-0.4, -0.2) is 76.9 Å². The van der Waals surface area contributed by atoms with Gasteiger partial charge in [-0.25, -0.2) is 4.99 Å². The highest BCUT2D eigenvalue weighted by Gasteiger charge is 2.04. The maximum atomic E-state index is 11.6. The van der Waals surface area contributed by atoms with Crippen molar-refractivity contribution in [2.45, 2.75) is 32.8 Å². The van der Waals surface area contributed by atoms with Gasteiger partial charge in [-0.05, 0) is 26.7 Å². The van der Waals surface area contributed by atoms with E-state index in [2.05, 4.69) is 15.6 Å². The highest BCUT2D eigenvalue weighted by atomic mass is 16.5. The van der Waals surface area contributed by atoms with E-state index < -0.39 is 0 Å². The van der Waals surface area contributed by atoms with Gasteiger partial charge >= 0.3 is 0 Å². The van der Waals surface area contributed by atoms with Crippen molar-refractivity contribution < 1.29 is 14.3 Å². The van der Waals surface area contributed by atoms with Gasteiger partial charge in [0.2, 0.25) is 5.91 Å². The highest BCUT2D eigenvalue weighted by Crippen LogP contribution is 1.93. The number of carbonyl (C=O) groups is 1. The van der Waals surface area contributed by atoms with Crippen molar-refractivity contribution in [2.75, 3.05) is 54.1 Å². The van der Waals surface area contributed by atoms with E-state index in [0.29, 0.717) is 19.1 Å². The van der Waals surface area contributed by atoms with Crippen LogP contribution in [0.2, 0.25) is 0 Å². The summed E-state index contributed by atoms with van der Waals surface area (Å²) in [6, 6.07) is 0. The molecule has 22 heavy (non-hydrogen) atoms. The third kappa shape index (κ3) is 12.4. The first-order valence-electron chi connectivity index (χ1n) is 7.80. The number of nitrogens with zero attached hydrogens (tertiary/aromatic N) is 2. The van der Waals surface area contributed by atoms with E-state index in [1.807, 2.05) is 13.8 Å². The van der Waals surface area contributed by atoms with Gasteiger partial charge in [0, 0.05) is 40.9 Å². The fourth-order valence-electron chi connectivity index (χ4n) is 1.49. The van der Waals surface area contributed by atoms with Crippen molar-refractivity contribution in [3.8, 4) is 0 Å². The Morgan fingerprint density at radius 3 is 2.41 bits per heavy atom. The molecule has 7 nitrogen and oxygen atoms in total. The minimum absolute atomic E-state index is 0.0295. The van der Waals surface area contributed by atoms with E-state index in [1.165, 1.54) is 4.90 Å². The van der Waals surface area contributed by atoms with Gasteiger partial charge in [-0.2, -0.15) is 0 Å². The Kier molecular flexibility index (Phi) is 12.5. The average Bonchev–Trinajstić information content (AvgIpc) is 2.46. The Hall–Kier alpha value is -1.34. The maximum absolute atomic E-state index is 11.6. The van der Waals surface area contributed by atoms with Gasteiger partial charge in [0.15, 0.2) is 5.96 Å². The Labute approximate surface area is 134 Å². The summed E-state index contributed by atoms with van der Waals surface area (Å²) < 4.78 is 10.5. The standard InChI is InChI=1S/C15H32N4O3/c1-13(2)22-10-7-6-8-16-15(17-9-11-21-5)18-12-14(20)19(3)4/h13H,6-12H2,1-5H3,(H2,16,17,18). The molecule has 1 amide bonds. The predicted molar refractivity (Wildman–Crippen MR) is 89.2 cm³/mol. The van der Waals surface area contributed by atoms with E-state index >= 15 is 0 Å². The SMILES string of the molecule is COCCNC(=NCC(=O)N(C)C)NCCCCOC(C)C. The second kappa shape index (κ2) is 13.3. The molecule has 0 aromatic heterocycles. The first-order chi connectivity index (χ1) is 10.5. The predicted octanol–water partition coefficient (Wildman–Crippen LogP) is 0.461. The lowest BCUT2D eigenvalue weighted by Crippen LogP contribution is -2.40. The Morgan fingerprint density at radius 2 is 1.82 bits per heavy atom. The average molecular weight is 316 g/mol. The number of rotatable bonds is 11. The summed E-state index contributed by atoms with van der Waals surface area (Å²) in [4.78, 5) is 17.4. The number of aliphatic imine (C=N–C) groups is 1. The quantitative estimate of drug-likeness (QED) is 0.329. The fourth-order valence-corrected chi connectivity index (χ4v) is 1.49. The first-order valence-corrected chi connectivity index (χ1v) is 7.80. The molecule has 7 heteroatoms. The Balaban J connectivity index is 4.06. The Morgan fingerprint density at radius 1 is 1.14 bits per heavy atom. The molecule has 0 atom stereocenters. The van der Waals surface area contributed by atoms with E-state index in [1.54, 1.807) is 21.2 Å². The minimum Gasteiger partial charge on any atom is -0.383 e. The summed E-state index contributed by atoms with van der Waals surface area (Å²) >= 11 is 0. The normalized spacial score (nSPS) is 11.6. The van der Waals surface area contributed by atoms with Crippen LogP contribution >= 0.6 is 0 Å². The van der Waals surface area contributed by atoms with E-state index in [9.17, 15) is 4.79 Å². The van der Waals surface area contributed by atoms with Crippen LogP contribution in [0.25, 0.3) is 0 Å².